The zero-order chi connectivity index (χ0) is 32.7. The molecule has 0 bridgehead atoms. The molecule has 3 heterocycles. The molecular weight excluding hydrogens is 562 g/mol. The molecule has 242 valence electrons. The number of hydrogen-bond acceptors (Lipinski definition) is 10. The largest absolute Gasteiger partial charge is 0.506 e. The van der Waals surface area contributed by atoms with Gasteiger partial charge in [0.25, 0.3) is 0 Å². The van der Waals surface area contributed by atoms with Crippen molar-refractivity contribution in [3.63, 3.8) is 0 Å². The summed E-state index contributed by atoms with van der Waals surface area (Å²) in [6.45, 7) is 19.4. The summed E-state index contributed by atoms with van der Waals surface area (Å²) < 4.78 is 14.9. The van der Waals surface area contributed by atoms with Crippen molar-refractivity contribution in [1.82, 2.24) is 35.0 Å². The van der Waals surface area contributed by atoms with E-state index in [0.717, 1.165) is 17.9 Å². The molecule has 3 rings (SSSR count). The Kier molecular flexibility index (Phi) is 11.6. The van der Waals surface area contributed by atoms with Crippen LogP contribution < -0.4 is 0 Å². The molecule has 0 aliphatic heterocycles. The quantitative estimate of drug-likeness (QED) is 0.247. The lowest BCUT2D eigenvalue weighted by Gasteiger charge is -2.18. The average Bonchev–Trinajstić information content (AvgIpc) is 3.56. The first-order chi connectivity index (χ1) is 20.6. The van der Waals surface area contributed by atoms with Crippen LogP contribution in [0.1, 0.15) is 96.4 Å². The highest BCUT2D eigenvalue weighted by Crippen LogP contribution is 2.27. The van der Waals surface area contributed by atoms with E-state index in [2.05, 4.69) is 67.2 Å². The molecule has 3 aromatic rings. The minimum Gasteiger partial charge on any atom is -0.506 e. The molecule has 0 aliphatic rings. The number of esters is 2. The van der Waals surface area contributed by atoms with Gasteiger partial charge in [-0.1, -0.05) is 65.8 Å². The van der Waals surface area contributed by atoms with Gasteiger partial charge in [0.05, 0.1) is 28.9 Å². The Balaban J connectivity index is 1.62. The molecular formula is C32H49N7O5. The summed E-state index contributed by atoms with van der Waals surface area (Å²) >= 11 is 0. The van der Waals surface area contributed by atoms with Crippen molar-refractivity contribution in [2.24, 2.45) is 22.7 Å². The highest BCUT2D eigenvalue weighted by molar-refractivity contribution is 5.73. The minimum atomic E-state index is -0.423. The van der Waals surface area contributed by atoms with E-state index in [4.69, 9.17) is 9.47 Å². The van der Waals surface area contributed by atoms with Crippen LogP contribution in [0.15, 0.2) is 18.6 Å². The third-order valence-electron chi connectivity index (χ3n) is 7.17. The fraction of sp³-hybridized carbons (Fsp3) is 0.656. The van der Waals surface area contributed by atoms with Crippen LogP contribution in [0.25, 0.3) is 0 Å². The first-order valence-electron chi connectivity index (χ1n) is 15.4. The third-order valence-corrected chi connectivity index (χ3v) is 7.17. The lowest BCUT2D eigenvalue weighted by molar-refractivity contribution is -0.151. The fourth-order valence-electron chi connectivity index (χ4n) is 4.78. The van der Waals surface area contributed by atoms with Crippen LogP contribution in [-0.4, -0.2) is 52.0 Å². The van der Waals surface area contributed by atoms with E-state index in [1.807, 2.05) is 26.2 Å². The number of rotatable bonds is 14. The summed E-state index contributed by atoms with van der Waals surface area (Å²) in [5.74, 6) is -1.71. The van der Waals surface area contributed by atoms with Crippen LogP contribution in [0.2, 0.25) is 0 Å². The standard InChI is InChI=1S/C32H49N7O5/c1-10-22(12-25-15-38(36-34-25)19-31(4,5)6)29(41)43-17-24-14-33-21(3)28(40)27(24)18-44-30(42)23(11-2)13-26-16-39(37-35-26)20-32(7,8)9/h14-16,22-23,40H,10-13,17-20H2,1-9H3. The molecule has 0 saturated carbocycles. The number of ether oxygens (including phenoxy) is 2. The number of carbonyl (C=O) groups is 2. The van der Waals surface area contributed by atoms with E-state index < -0.39 is 17.8 Å². The first-order valence-corrected chi connectivity index (χ1v) is 15.4. The van der Waals surface area contributed by atoms with Gasteiger partial charge < -0.3 is 14.6 Å². The van der Waals surface area contributed by atoms with Crippen molar-refractivity contribution >= 4 is 11.9 Å². The Bertz CT molecular complexity index is 1400. The topological polar surface area (TPSA) is 147 Å². The van der Waals surface area contributed by atoms with Crippen molar-refractivity contribution in [2.75, 3.05) is 0 Å². The van der Waals surface area contributed by atoms with E-state index >= 15 is 0 Å². The predicted molar refractivity (Wildman–Crippen MR) is 164 cm³/mol. The smallest absolute Gasteiger partial charge is 0.309 e. The summed E-state index contributed by atoms with van der Waals surface area (Å²) in [5, 5.41) is 27.6. The maximum absolute atomic E-state index is 13.1. The van der Waals surface area contributed by atoms with E-state index in [1.165, 1.54) is 6.20 Å². The molecule has 2 unspecified atom stereocenters. The van der Waals surface area contributed by atoms with Crippen LogP contribution in [0.5, 0.6) is 5.75 Å². The minimum absolute atomic E-state index is 0.0512. The Morgan fingerprint density at radius 3 is 1.70 bits per heavy atom. The van der Waals surface area contributed by atoms with Crippen molar-refractivity contribution < 1.29 is 24.2 Å². The number of hydrogen-bond donors (Lipinski definition) is 1. The van der Waals surface area contributed by atoms with Gasteiger partial charge in [-0.2, -0.15) is 0 Å². The summed E-state index contributed by atoms with van der Waals surface area (Å²) in [4.78, 5) is 30.3. The molecule has 0 amide bonds. The van der Waals surface area contributed by atoms with E-state index in [1.54, 1.807) is 16.3 Å². The van der Waals surface area contributed by atoms with Gasteiger partial charge in [-0.15, -0.1) is 10.2 Å². The molecule has 0 saturated heterocycles. The maximum atomic E-state index is 13.1. The third kappa shape index (κ3) is 10.4. The molecule has 0 aliphatic carbocycles. The van der Waals surface area contributed by atoms with Gasteiger partial charge in [-0.05, 0) is 30.6 Å². The zero-order valence-electron chi connectivity index (χ0n) is 27.8. The zero-order valence-corrected chi connectivity index (χ0v) is 27.8. The van der Waals surface area contributed by atoms with E-state index in [9.17, 15) is 14.7 Å². The van der Waals surface area contributed by atoms with Gasteiger partial charge in [-0.25, -0.2) is 0 Å². The van der Waals surface area contributed by atoms with Crippen LogP contribution >= 0.6 is 0 Å². The van der Waals surface area contributed by atoms with Crippen LogP contribution in [-0.2, 0) is 58.2 Å². The first kappa shape index (κ1) is 34.7. The lowest BCUT2D eigenvalue weighted by Crippen LogP contribution is -2.21. The van der Waals surface area contributed by atoms with Crippen molar-refractivity contribution in [3.05, 3.63) is 46.8 Å². The fourth-order valence-corrected chi connectivity index (χ4v) is 4.78. The monoisotopic (exact) mass is 611 g/mol. The number of nitrogens with zero attached hydrogens (tertiary/aromatic N) is 7. The molecule has 1 N–H and O–H groups in total. The van der Waals surface area contributed by atoms with E-state index in [0.29, 0.717) is 49.0 Å². The Hall–Kier alpha value is -3.83. The second-order valence-corrected chi connectivity index (χ2v) is 14.0. The molecule has 12 heteroatoms. The Morgan fingerprint density at radius 2 is 1.27 bits per heavy atom. The molecule has 0 radical (unpaired) electrons. The van der Waals surface area contributed by atoms with Gasteiger partial charge in [0, 0.05) is 55.6 Å². The normalized spacial score (nSPS) is 13.5. The van der Waals surface area contributed by atoms with Gasteiger partial charge in [0.15, 0.2) is 0 Å². The SMILES string of the molecule is CCC(Cc1cn(CC(C)(C)C)nn1)C(=O)OCc1cnc(C)c(O)c1COC(=O)C(CC)Cc1cn(CC(C)(C)C)nn1. The molecule has 0 fully saturated rings. The molecule has 2 atom stereocenters. The maximum Gasteiger partial charge on any atom is 0.309 e. The summed E-state index contributed by atoms with van der Waals surface area (Å²) in [7, 11) is 0. The molecule has 3 aromatic heterocycles. The second-order valence-electron chi connectivity index (χ2n) is 14.0. The number of aromatic hydroxyl groups is 1. The second kappa shape index (κ2) is 14.8. The van der Waals surface area contributed by atoms with Crippen molar-refractivity contribution in [2.45, 2.75) is 114 Å². The summed E-state index contributed by atoms with van der Waals surface area (Å²) in [6.07, 6.45) is 7.19. The van der Waals surface area contributed by atoms with Crippen molar-refractivity contribution in [3.8, 4) is 5.75 Å². The van der Waals surface area contributed by atoms with Gasteiger partial charge >= 0.3 is 11.9 Å². The molecule has 44 heavy (non-hydrogen) atoms. The highest BCUT2D eigenvalue weighted by Gasteiger charge is 2.25. The van der Waals surface area contributed by atoms with Gasteiger partial charge in [0.1, 0.15) is 19.0 Å². The van der Waals surface area contributed by atoms with Crippen molar-refractivity contribution in [1.29, 1.82) is 0 Å². The number of aromatic nitrogens is 7. The summed E-state index contributed by atoms with van der Waals surface area (Å²) in [5.41, 5.74) is 2.77. The highest BCUT2D eigenvalue weighted by atomic mass is 16.5. The Morgan fingerprint density at radius 1 is 0.818 bits per heavy atom. The number of aryl methyl sites for hydroxylation is 1. The summed E-state index contributed by atoms with van der Waals surface area (Å²) in [6, 6.07) is 0. The van der Waals surface area contributed by atoms with Crippen LogP contribution in [0, 0.1) is 29.6 Å². The molecule has 0 spiro atoms. The number of carbonyl (C=O) groups excluding carboxylic acids is 2. The van der Waals surface area contributed by atoms with E-state index in [-0.39, 0.29) is 35.8 Å². The Labute approximate surface area is 260 Å². The predicted octanol–water partition coefficient (Wildman–Crippen LogP) is 5.00. The molecule has 12 nitrogen and oxygen atoms in total. The van der Waals surface area contributed by atoms with Crippen LogP contribution in [0.4, 0.5) is 0 Å². The lowest BCUT2D eigenvalue weighted by atomic mass is 9.97. The van der Waals surface area contributed by atoms with Gasteiger partial charge in [-0.3, -0.25) is 23.9 Å². The molecule has 0 aromatic carbocycles. The van der Waals surface area contributed by atoms with Crippen LogP contribution in [0.3, 0.4) is 0 Å². The number of pyridine rings is 1. The van der Waals surface area contributed by atoms with Gasteiger partial charge in [0.2, 0.25) is 0 Å². The average molecular weight is 612 g/mol.